The Balaban J connectivity index is 1.70. The molecule has 2 atom stereocenters. The van der Waals surface area contributed by atoms with Gasteiger partial charge in [-0.3, -0.25) is 9.59 Å². The number of aliphatic carboxylic acids is 1. The molecule has 1 aliphatic heterocycles. The lowest BCUT2D eigenvalue weighted by molar-refractivity contribution is -0.149. The summed E-state index contributed by atoms with van der Waals surface area (Å²) < 4.78 is 4.87. The van der Waals surface area contributed by atoms with Crippen molar-refractivity contribution in [3.63, 3.8) is 0 Å². The molecular weight excluding hydrogens is 360 g/mol. The van der Waals surface area contributed by atoms with Crippen LogP contribution in [0.25, 0.3) is 11.1 Å². The summed E-state index contributed by atoms with van der Waals surface area (Å²) >= 11 is 0. The number of cyclic esters (lactones) is 1. The number of hydrogen-bond acceptors (Lipinski definition) is 5. The van der Waals surface area contributed by atoms with Crippen molar-refractivity contribution in [3.8, 4) is 17.2 Å². The molecule has 0 spiro atoms. The van der Waals surface area contributed by atoms with Crippen molar-refractivity contribution in [3.05, 3.63) is 59.7 Å². The Labute approximate surface area is 161 Å². The Hall–Kier alpha value is -3.66. The van der Waals surface area contributed by atoms with Crippen LogP contribution in [-0.2, 0) is 25.5 Å². The van der Waals surface area contributed by atoms with Gasteiger partial charge in [-0.15, -0.1) is 0 Å². The number of benzene rings is 2. The van der Waals surface area contributed by atoms with Gasteiger partial charge >= 0.3 is 11.9 Å². The first-order valence-corrected chi connectivity index (χ1v) is 8.79. The van der Waals surface area contributed by atoms with Gasteiger partial charge in [-0.1, -0.05) is 42.5 Å². The minimum absolute atomic E-state index is 0.0852. The number of nitrogens with zero attached hydrogens (tertiary/aromatic N) is 1. The maximum Gasteiger partial charge on any atom is 0.326 e. The number of esters is 1. The second kappa shape index (κ2) is 8.35. The van der Waals surface area contributed by atoms with Crippen LogP contribution in [0.1, 0.15) is 24.0 Å². The highest BCUT2D eigenvalue weighted by Crippen LogP contribution is 2.24. The third-order valence-corrected chi connectivity index (χ3v) is 4.54. The lowest BCUT2D eigenvalue weighted by Gasteiger charge is -2.17. The predicted octanol–water partition coefficient (Wildman–Crippen LogP) is 2.04. The largest absolute Gasteiger partial charge is 0.480 e. The van der Waals surface area contributed by atoms with Gasteiger partial charge in [0.15, 0.2) is 6.10 Å². The second-order valence-electron chi connectivity index (χ2n) is 6.48. The summed E-state index contributed by atoms with van der Waals surface area (Å²) in [4.78, 5) is 34.8. The van der Waals surface area contributed by atoms with E-state index >= 15 is 0 Å². The number of nitriles is 1. The van der Waals surface area contributed by atoms with Gasteiger partial charge < -0.3 is 15.2 Å². The number of amides is 1. The Morgan fingerprint density at radius 3 is 2.54 bits per heavy atom. The maximum absolute atomic E-state index is 12.1. The topological polar surface area (TPSA) is 116 Å². The first kappa shape index (κ1) is 19.1. The van der Waals surface area contributed by atoms with Crippen LogP contribution in [0.15, 0.2) is 48.5 Å². The van der Waals surface area contributed by atoms with Crippen LogP contribution in [0.2, 0.25) is 0 Å². The number of carbonyl (C=O) groups is 3. The molecule has 0 bridgehead atoms. The monoisotopic (exact) mass is 378 g/mol. The molecule has 142 valence electrons. The average Bonchev–Trinajstić information content (AvgIpc) is 3.14. The van der Waals surface area contributed by atoms with Crippen LogP contribution in [0.5, 0.6) is 0 Å². The highest BCUT2D eigenvalue weighted by atomic mass is 16.6. The highest BCUT2D eigenvalue weighted by molar-refractivity contribution is 5.89. The lowest BCUT2D eigenvalue weighted by atomic mass is 9.97. The summed E-state index contributed by atoms with van der Waals surface area (Å²) in [7, 11) is 0. The van der Waals surface area contributed by atoms with E-state index in [0.29, 0.717) is 11.1 Å². The van der Waals surface area contributed by atoms with Gasteiger partial charge in [-0.05, 0) is 22.8 Å². The van der Waals surface area contributed by atoms with E-state index in [0.717, 1.165) is 11.1 Å². The number of hydrogen-bond donors (Lipinski definition) is 2. The zero-order valence-electron chi connectivity index (χ0n) is 14.9. The Bertz CT molecular complexity index is 946. The Kier molecular flexibility index (Phi) is 5.70. The summed E-state index contributed by atoms with van der Waals surface area (Å²) in [5, 5.41) is 21.1. The van der Waals surface area contributed by atoms with Gasteiger partial charge in [0.1, 0.15) is 6.04 Å². The van der Waals surface area contributed by atoms with Gasteiger partial charge in [0, 0.05) is 19.3 Å². The van der Waals surface area contributed by atoms with E-state index in [1.54, 1.807) is 24.3 Å². The quantitative estimate of drug-likeness (QED) is 0.743. The van der Waals surface area contributed by atoms with Crippen LogP contribution >= 0.6 is 0 Å². The molecule has 0 aliphatic carbocycles. The molecule has 0 unspecified atom stereocenters. The molecule has 3 rings (SSSR count). The average molecular weight is 378 g/mol. The number of carbonyl (C=O) groups excluding carboxylic acids is 2. The van der Waals surface area contributed by atoms with E-state index in [1.807, 2.05) is 24.3 Å². The van der Waals surface area contributed by atoms with Crippen molar-refractivity contribution in [2.45, 2.75) is 31.4 Å². The van der Waals surface area contributed by atoms with Gasteiger partial charge in [0.05, 0.1) is 11.6 Å². The Morgan fingerprint density at radius 1 is 1.21 bits per heavy atom. The molecule has 1 saturated heterocycles. The molecule has 1 aliphatic rings. The van der Waals surface area contributed by atoms with E-state index in [4.69, 9.17) is 4.74 Å². The standard InChI is InChI=1S/C21H18N2O5/c22-12-15-3-1-2-4-16(15)14-7-5-13(6-8-14)11-17(21(26)27)23-20(25)18-9-10-19(24)28-18/h1-8,17-18H,9-11H2,(H,23,25)(H,26,27)/t17-,18-/m0/s1. The molecule has 1 fully saturated rings. The minimum atomic E-state index is -1.17. The SMILES string of the molecule is N#Cc1ccccc1-c1ccc(C[C@H](NC(=O)[C@@H]2CCC(=O)O2)C(=O)O)cc1. The number of carboxylic acids is 1. The smallest absolute Gasteiger partial charge is 0.326 e. The molecule has 0 radical (unpaired) electrons. The molecule has 2 N–H and O–H groups in total. The zero-order chi connectivity index (χ0) is 20.1. The molecule has 0 aromatic heterocycles. The Morgan fingerprint density at radius 2 is 1.93 bits per heavy atom. The summed E-state index contributed by atoms with van der Waals surface area (Å²) in [5.41, 5.74) is 2.91. The van der Waals surface area contributed by atoms with Crippen molar-refractivity contribution >= 4 is 17.8 Å². The van der Waals surface area contributed by atoms with E-state index in [-0.39, 0.29) is 19.3 Å². The van der Waals surface area contributed by atoms with Gasteiger partial charge in [-0.25, -0.2) is 4.79 Å². The number of nitrogens with one attached hydrogen (secondary N) is 1. The molecule has 28 heavy (non-hydrogen) atoms. The van der Waals surface area contributed by atoms with Crippen molar-refractivity contribution in [2.24, 2.45) is 0 Å². The van der Waals surface area contributed by atoms with Crippen molar-refractivity contribution in [2.75, 3.05) is 0 Å². The van der Waals surface area contributed by atoms with Crippen LogP contribution in [-0.4, -0.2) is 35.1 Å². The van der Waals surface area contributed by atoms with Crippen molar-refractivity contribution < 1.29 is 24.2 Å². The van der Waals surface area contributed by atoms with Gasteiger partial charge in [-0.2, -0.15) is 5.26 Å². The van der Waals surface area contributed by atoms with E-state index < -0.39 is 30.0 Å². The summed E-state index contributed by atoms with van der Waals surface area (Å²) in [6.45, 7) is 0. The third kappa shape index (κ3) is 4.35. The zero-order valence-corrected chi connectivity index (χ0v) is 14.9. The van der Waals surface area contributed by atoms with Crippen LogP contribution < -0.4 is 5.32 Å². The molecule has 7 heteroatoms. The summed E-state index contributed by atoms with van der Waals surface area (Å²) in [6, 6.07) is 15.4. The van der Waals surface area contributed by atoms with Crippen LogP contribution in [0.3, 0.4) is 0 Å². The second-order valence-corrected chi connectivity index (χ2v) is 6.48. The molecule has 2 aromatic rings. The molecule has 0 saturated carbocycles. The van der Waals surface area contributed by atoms with Gasteiger partial charge in [0.25, 0.3) is 5.91 Å². The predicted molar refractivity (Wildman–Crippen MR) is 99.0 cm³/mol. The fourth-order valence-corrected chi connectivity index (χ4v) is 3.06. The third-order valence-electron chi connectivity index (χ3n) is 4.54. The number of carboxylic acid groups (broad SMARTS) is 1. The molecule has 1 amide bonds. The van der Waals surface area contributed by atoms with Crippen molar-refractivity contribution in [1.82, 2.24) is 5.32 Å². The lowest BCUT2D eigenvalue weighted by Crippen LogP contribution is -2.46. The molecular formula is C21H18N2O5. The molecule has 7 nitrogen and oxygen atoms in total. The first-order valence-electron chi connectivity index (χ1n) is 8.79. The maximum atomic E-state index is 12.1. The first-order chi connectivity index (χ1) is 13.5. The normalized spacial score (nSPS) is 16.7. The number of ether oxygens (including phenoxy) is 1. The fourth-order valence-electron chi connectivity index (χ4n) is 3.06. The molecule has 1 heterocycles. The van der Waals surface area contributed by atoms with Crippen LogP contribution in [0.4, 0.5) is 0 Å². The minimum Gasteiger partial charge on any atom is -0.480 e. The highest BCUT2D eigenvalue weighted by Gasteiger charge is 2.32. The van der Waals surface area contributed by atoms with E-state index in [1.165, 1.54) is 0 Å². The van der Waals surface area contributed by atoms with E-state index in [9.17, 15) is 24.8 Å². The van der Waals surface area contributed by atoms with Crippen LogP contribution in [0, 0.1) is 11.3 Å². The van der Waals surface area contributed by atoms with Gasteiger partial charge in [0.2, 0.25) is 0 Å². The van der Waals surface area contributed by atoms with E-state index in [2.05, 4.69) is 11.4 Å². The molecule has 2 aromatic carbocycles. The fraction of sp³-hybridized carbons (Fsp3) is 0.238. The van der Waals surface area contributed by atoms with Crippen molar-refractivity contribution in [1.29, 1.82) is 5.26 Å². The number of rotatable bonds is 6. The summed E-state index contributed by atoms with van der Waals surface area (Å²) in [6.07, 6.45) is -0.438. The summed E-state index contributed by atoms with van der Waals surface area (Å²) in [5.74, 6) is -2.23.